The van der Waals surface area contributed by atoms with Crippen molar-refractivity contribution >= 4 is 17.5 Å². The average molecular weight is 268 g/mol. The number of nitrogens with one attached hydrogen (secondary N) is 1. The van der Waals surface area contributed by atoms with Crippen LogP contribution in [-0.2, 0) is 0 Å². The van der Waals surface area contributed by atoms with Gasteiger partial charge in [-0.05, 0) is 25.0 Å². The number of hydrogen-bond donors (Lipinski definition) is 2. The molecule has 0 radical (unpaired) electrons. The molecule has 0 heterocycles. The lowest BCUT2D eigenvalue weighted by Gasteiger charge is -2.27. The minimum atomic E-state index is -0.287. The van der Waals surface area contributed by atoms with E-state index in [4.69, 9.17) is 11.6 Å². The predicted octanol–water partition coefficient (Wildman–Crippen LogP) is 2.62. The summed E-state index contributed by atoms with van der Waals surface area (Å²) in [4.78, 5) is 11.9. The lowest BCUT2D eigenvalue weighted by Crippen LogP contribution is -2.36. The Hall–Kier alpha value is -1.06. The highest BCUT2D eigenvalue weighted by atomic mass is 35.5. The minimum absolute atomic E-state index is 0.168. The van der Waals surface area contributed by atoms with E-state index < -0.39 is 0 Å². The maximum absolute atomic E-state index is 11.9. The van der Waals surface area contributed by atoms with Crippen LogP contribution in [0.3, 0.4) is 0 Å². The molecular weight excluding hydrogens is 250 g/mol. The van der Waals surface area contributed by atoms with Crippen LogP contribution in [0.25, 0.3) is 0 Å². The van der Waals surface area contributed by atoms with E-state index in [0.29, 0.717) is 17.1 Å². The van der Waals surface area contributed by atoms with Crippen LogP contribution in [0, 0.1) is 5.92 Å². The molecule has 1 aliphatic rings. The van der Waals surface area contributed by atoms with Gasteiger partial charge in [0.05, 0.1) is 16.7 Å². The lowest BCUT2D eigenvalue weighted by atomic mass is 9.86. The minimum Gasteiger partial charge on any atom is -0.393 e. The van der Waals surface area contributed by atoms with Crippen molar-refractivity contribution in [1.29, 1.82) is 0 Å². The third-order valence-electron chi connectivity index (χ3n) is 3.51. The van der Waals surface area contributed by atoms with Crippen LogP contribution in [-0.4, -0.2) is 23.7 Å². The molecule has 2 N–H and O–H groups in total. The predicted molar refractivity (Wildman–Crippen MR) is 71.8 cm³/mol. The molecule has 1 aromatic carbocycles. The molecule has 0 spiro atoms. The number of amides is 1. The van der Waals surface area contributed by atoms with E-state index in [1.807, 2.05) is 0 Å². The number of carbonyl (C=O) groups is 1. The van der Waals surface area contributed by atoms with Crippen molar-refractivity contribution in [2.45, 2.75) is 31.8 Å². The molecule has 1 aromatic rings. The zero-order valence-electron chi connectivity index (χ0n) is 10.2. The Morgan fingerprint density at radius 2 is 2.06 bits per heavy atom. The van der Waals surface area contributed by atoms with Gasteiger partial charge in [0, 0.05) is 12.5 Å². The molecule has 1 aliphatic carbocycles. The highest BCUT2D eigenvalue weighted by Gasteiger charge is 2.23. The van der Waals surface area contributed by atoms with Gasteiger partial charge < -0.3 is 10.4 Å². The fourth-order valence-corrected chi connectivity index (χ4v) is 2.61. The Morgan fingerprint density at radius 3 is 2.78 bits per heavy atom. The first-order valence-corrected chi connectivity index (χ1v) is 6.77. The Morgan fingerprint density at radius 1 is 1.33 bits per heavy atom. The fourth-order valence-electron chi connectivity index (χ4n) is 2.39. The highest BCUT2D eigenvalue weighted by molar-refractivity contribution is 6.33. The largest absolute Gasteiger partial charge is 0.393 e. The monoisotopic (exact) mass is 267 g/mol. The van der Waals surface area contributed by atoms with Crippen molar-refractivity contribution < 1.29 is 9.90 Å². The molecule has 1 saturated carbocycles. The summed E-state index contributed by atoms with van der Waals surface area (Å²) >= 11 is 5.96. The van der Waals surface area contributed by atoms with Crippen molar-refractivity contribution in [3.05, 3.63) is 34.9 Å². The number of carbonyl (C=O) groups excluding carboxylic acids is 1. The summed E-state index contributed by atoms with van der Waals surface area (Å²) in [7, 11) is 0. The quantitative estimate of drug-likeness (QED) is 0.885. The molecule has 2 atom stereocenters. The fraction of sp³-hybridized carbons (Fsp3) is 0.500. The second kappa shape index (κ2) is 6.21. The normalized spacial score (nSPS) is 23.7. The van der Waals surface area contributed by atoms with E-state index in [9.17, 15) is 9.90 Å². The van der Waals surface area contributed by atoms with Crippen molar-refractivity contribution in [3.8, 4) is 0 Å². The second-order valence-corrected chi connectivity index (χ2v) is 5.21. The van der Waals surface area contributed by atoms with Crippen LogP contribution in [0.2, 0.25) is 5.02 Å². The summed E-state index contributed by atoms with van der Waals surface area (Å²) in [6.45, 7) is 0.519. The van der Waals surface area contributed by atoms with Gasteiger partial charge in [0.1, 0.15) is 0 Å². The molecule has 3 nitrogen and oxygen atoms in total. The van der Waals surface area contributed by atoms with Crippen LogP contribution >= 0.6 is 11.6 Å². The van der Waals surface area contributed by atoms with Gasteiger partial charge in [-0.3, -0.25) is 4.79 Å². The maximum atomic E-state index is 11.9. The van der Waals surface area contributed by atoms with Crippen LogP contribution in [0.1, 0.15) is 36.0 Å². The van der Waals surface area contributed by atoms with Gasteiger partial charge in [0.2, 0.25) is 0 Å². The standard InChI is InChI=1S/C14H18ClNO2/c15-12-7-3-2-6-11(12)14(18)16-9-10-5-1-4-8-13(10)17/h2-3,6-7,10,13,17H,1,4-5,8-9H2,(H,16,18). The Labute approximate surface area is 112 Å². The van der Waals surface area contributed by atoms with Crippen molar-refractivity contribution in [3.63, 3.8) is 0 Å². The molecule has 1 fully saturated rings. The second-order valence-electron chi connectivity index (χ2n) is 4.80. The van der Waals surface area contributed by atoms with E-state index in [2.05, 4.69) is 5.32 Å². The van der Waals surface area contributed by atoms with E-state index >= 15 is 0 Å². The van der Waals surface area contributed by atoms with Gasteiger partial charge in [-0.25, -0.2) is 0 Å². The van der Waals surface area contributed by atoms with Gasteiger partial charge >= 0.3 is 0 Å². The summed E-state index contributed by atoms with van der Waals surface area (Å²) < 4.78 is 0. The molecule has 98 valence electrons. The van der Waals surface area contributed by atoms with E-state index in [1.54, 1.807) is 24.3 Å². The summed E-state index contributed by atoms with van der Waals surface area (Å²) in [5.74, 6) is 0.00330. The Balaban J connectivity index is 1.90. The summed E-state index contributed by atoms with van der Waals surface area (Å²) in [5.41, 5.74) is 0.490. The van der Waals surface area contributed by atoms with Gasteiger partial charge in [-0.15, -0.1) is 0 Å². The van der Waals surface area contributed by atoms with Crippen LogP contribution in [0.15, 0.2) is 24.3 Å². The zero-order chi connectivity index (χ0) is 13.0. The maximum Gasteiger partial charge on any atom is 0.252 e. The summed E-state index contributed by atoms with van der Waals surface area (Å²) in [6, 6.07) is 6.99. The van der Waals surface area contributed by atoms with Gasteiger partial charge in [-0.1, -0.05) is 36.6 Å². The first-order chi connectivity index (χ1) is 8.68. The molecule has 18 heavy (non-hydrogen) atoms. The van der Waals surface area contributed by atoms with Crippen LogP contribution in [0.4, 0.5) is 0 Å². The first-order valence-electron chi connectivity index (χ1n) is 6.39. The number of benzene rings is 1. The van der Waals surface area contributed by atoms with E-state index in [-0.39, 0.29) is 17.9 Å². The average Bonchev–Trinajstić information content (AvgIpc) is 2.38. The Bertz CT molecular complexity index is 422. The summed E-state index contributed by atoms with van der Waals surface area (Å²) in [6.07, 6.45) is 3.74. The first kappa shape index (κ1) is 13.4. The third kappa shape index (κ3) is 3.24. The SMILES string of the molecule is O=C(NCC1CCCCC1O)c1ccccc1Cl. The highest BCUT2D eigenvalue weighted by Crippen LogP contribution is 2.24. The van der Waals surface area contributed by atoms with Gasteiger partial charge in [0.15, 0.2) is 0 Å². The molecule has 4 heteroatoms. The van der Waals surface area contributed by atoms with Crippen molar-refractivity contribution in [2.75, 3.05) is 6.54 Å². The molecule has 2 rings (SSSR count). The number of aliphatic hydroxyl groups excluding tert-OH is 1. The molecule has 1 amide bonds. The molecule has 0 aromatic heterocycles. The van der Waals surface area contributed by atoms with Crippen LogP contribution in [0.5, 0.6) is 0 Å². The topological polar surface area (TPSA) is 49.3 Å². The number of halogens is 1. The molecule has 0 saturated heterocycles. The van der Waals surface area contributed by atoms with Gasteiger partial charge in [0.25, 0.3) is 5.91 Å². The Kier molecular flexibility index (Phi) is 4.61. The third-order valence-corrected chi connectivity index (χ3v) is 3.84. The van der Waals surface area contributed by atoms with Crippen molar-refractivity contribution in [2.24, 2.45) is 5.92 Å². The molecular formula is C14H18ClNO2. The van der Waals surface area contributed by atoms with Gasteiger partial charge in [-0.2, -0.15) is 0 Å². The smallest absolute Gasteiger partial charge is 0.252 e. The summed E-state index contributed by atoms with van der Waals surface area (Å²) in [5, 5.41) is 13.1. The number of aliphatic hydroxyl groups is 1. The molecule has 0 bridgehead atoms. The lowest BCUT2D eigenvalue weighted by molar-refractivity contribution is 0.0663. The van der Waals surface area contributed by atoms with E-state index in [1.165, 1.54) is 0 Å². The zero-order valence-corrected chi connectivity index (χ0v) is 11.0. The van der Waals surface area contributed by atoms with Crippen LogP contribution < -0.4 is 5.32 Å². The molecule has 2 unspecified atom stereocenters. The number of hydrogen-bond acceptors (Lipinski definition) is 2. The molecule has 0 aliphatic heterocycles. The van der Waals surface area contributed by atoms with E-state index in [0.717, 1.165) is 25.7 Å². The number of rotatable bonds is 3. The van der Waals surface area contributed by atoms with Crippen molar-refractivity contribution in [1.82, 2.24) is 5.32 Å².